The lowest BCUT2D eigenvalue weighted by Crippen LogP contribution is -2.28. The summed E-state index contributed by atoms with van der Waals surface area (Å²) in [7, 11) is 0. The van der Waals surface area contributed by atoms with Crippen LogP contribution in [0.4, 0.5) is 17.1 Å². The Morgan fingerprint density at radius 1 is 0.333 bits per heavy atom. The maximum atomic E-state index is 7.08. The molecule has 0 bridgehead atoms. The Balaban J connectivity index is 1.10. The fourth-order valence-electron chi connectivity index (χ4n) is 10.2. The van der Waals surface area contributed by atoms with Crippen LogP contribution in [0.2, 0.25) is 0 Å². The van der Waals surface area contributed by atoms with Crippen molar-refractivity contribution in [3.8, 4) is 44.5 Å². The molecule has 0 unspecified atom stereocenters. The largest absolute Gasteiger partial charge is 0.455 e. The van der Waals surface area contributed by atoms with Gasteiger partial charge in [-0.2, -0.15) is 0 Å². The standard InChI is InChI=1S/C61H41NO/c1-5-18-42(19-6-1)44-32-36-49(37-33-44)62(50-38-34-45(35-39-50)43-20-7-2-8-21-43)51-27-17-22-46(40-51)54-41-56-59(60-58(54)53-29-14-16-31-57(53)63-60)52-28-13-15-30-55(52)61(56,47-23-9-3-10-24-47)48-25-11-4-12-26-48/h1-41H. The maximum Gasteiger partial charge on any atom is 0.144 e. The van der Waals surface area contributed by atoms with E-state index >= 15 is 0 Å². The van der Waals surface area contributed by atoms with Crippen LogP contribution in [-0.4, -0.2) is 0 Å². The Labute approximate surface area is 367 Å². The predicted octanol–water partition coefficient (Wildman–Crippen LogP) is 16.4. The molecule has 0 atom stereocenters. The van der Waals surface area contributed by atoms with Crippen LogP contribution in [0, 0.1) is 0 Å². The number of para-hydroxylation sites is 1. The number of fused-ring (bicyclic) bond motifs is 7. The summed E-state index contributed by atoms with van der Waals surface area (Å²) in [6.07, 6.45) is 0. The predicted molar refractivity (Wildman–Crippen MR) is 262 cm³/mol. The number of nitrogens with zero attached hydrogens (tertiary/aromatic N) is 1. The molecule has 1 aliphatic carbocycles. The van der Waals surface area contributed by atoms with Gasteiger partial charge in [0.25, 0.3) is 0 Å². The first kappa shape index (κ1) is 36.6. The first-order valence-corrected chi connectivity index (χ1v) is 21.7. The molecule has 296 valence electrons. The van der Waals surface area contributed by atoms with E-state index in [4.69, 9.17) is 4.42 Å². The molecule has 12 rings (SSSR count). The highest BCUT2D eigenvalue weighted by molar-refractivity contribution is 6.18. The van der Waals surface area contributed by atoms with Crippen LogP contribution in [0.3, 0.4) is 0 Å². The molecule has 1 aromatic heterocycles. The van der Waals surface area contributed by atoms with Gasteiger partial charge in [-0.3, -0.25) is 0 Å². The summed E-state index contributed by atoms with van der Waals surface area (Å²) in [6.45, 7) is 0. The van der Waals surface area contributed by atoms with E-state index in [1.165, 1.54) is 50.1 Å². The lowest BCUT2D eigenvalue weighted by molar-refractivity contribution is 0.669. The van der Waals surface area contributed by atoms with E-state index < -0.39 is 5.41 Å². The molecular weight excluding hydrogens is 763 g/mol. The third-order valence-corrected chi connectivity index (χ3v) is 12.9. The Bertz CT molecular complexity index is 3290. The first-order valence-electron chi connectivity index (χ1n) is 21.7. The van der Waals surface area contributed by atoms with Crippen molar-refractivity contribution in [3.05, 3.63) is 271 Å². The monoisotopic (exact) mass is 803 g/mol. The number of anilines is 3. The summed E-state index contributed by atoms with van der Waals surface area (Å²) in [5.41, 5.74) is 18.7. The Morgan fingerprint density at radius 2 is 0.825 bits per heavy atom. The zero-order valence-corrected chi connectivity index (χ0v) is 34.5. The lowest BCUT2D eigenvalue weighted by atomic mass is 9.67. The van der Waals surface area contributed by atoms with Crippen molar-refractivity contribution >= 4 is 39.0 Å². The minimum absolute atomic E-state index is 0.582. The van der Waals surface area contributed by atoms with Crippen LogP contribution in [0.15, 0.2) is 253 Å². The van der Waals surface area contributed by atoms with Gasteiger partial charge in [-0.05, 0) is 110 Å². The molecule has 1 aliphatic rings. The second-order valence-electron chi connectivity index (χ2n) is 16.4. The average Bonchev–Trinajstić information content (AvgIpc) is 3.90. The van der Waals surface area contributed by atoms with Gasteiger partial charge in [-0.15, -0.1) is 0 Å². The molecule has 1 heterocycles. The molecule has 0 aliphatic heterocycles. The summed E-state index contributed by atoms with van der Waals surface area (Å²) in [5.74, 6) is 0. The quantitative estimate of drug-likeness (QED) is 0.152. The highest BCUT2D eigenvalue weighted by Gasteiger charge is 2.48. The van der Waals surface area contributed by atoms with Crippen LogP contribution in [0.5, 0.6) is 0 Å². The van der Waals surface area contributed by atoms with E-state index in [9.17, 15) is 0 Å². The van der Waals surface area contributed by atoms with E-state index in [0.29, 0.717) is 0 Å². The third-order valence-electron chi connectivity index (χ3n) is 12.9. The van der Waals surface area contributed by atoms with Gasteiger partial charge in [0.1, 0.15) is 11.2 Å². The first-order chi connectivity index (χ1) is 31.3. The number of furan rings is 1. The molecule has 0 fully saturated rings. The van der Waals surface area contributed by atoms with Crippen LogP contribution in [0.1, 0.15) is 22.3 Å². The molecule has 0 N–H and O–H groups in total. The van der Waals surface area contributed by atoms with Crippen LogP contribution in [-0.2, 0) is 5.41 Å². The minimum atomic E-state index is -0.582. The topological polar surface area (TPSA) is 16.4 Å². The van der Waals surface area contributed by atoms with E-state index in [-0.39, 0.29) is 0 Å². The lowest BCUT2D eigenvalue weighted by Gasteiger charge is -2.34. The van der Waals surface area contributed by atoms with Gasteiger partial charge < -0.3 is 9.32 Å². The van der Waals surface area contributed by atoms with Gasteiger partial charge in [0.05, 0.1) is 5.41 Å². The maximum absolute atomic E-state index is 7.08. The molecule has 0 spiro atoms. The molecule has 63 heavy (non-hydrogen) atoms. The summed E-state index contributed by atoms with van der Waals surface area (Å²) in [5, 5.41) is 2.23. The van der Waals surface area contributed by atoms with E-state index in [0.717, 1.165) is 55.7 Å². The van der Waals surface area contributed by atoms with Crippen molar-refractivity contribution in [2.45, 2.75) is 5.41 Å². The van der Waals surface area contributed by atoms with Crippen LogP contribution in [0.25, 0.3) is 66.4 Å². The molecule has 2 nitrogen and oxygen atoms in total. The van der Waals surface area contributed by atoms with Gasteiger partial charge in [0.15, 0.2) is 0 Å². The second-order valence-corrected chi connectivity index (χ2v) is 16.4. The normalized spacial score (nSPS) is 12.6. The average molecular weight is 804 g/mol. The van der Waals surface area contributed by atoms with Gasteiger partial charge in [-0.25, -0.2) is 0 Å². The zero-order valence-electron chi connectivity index (χ0n) is 34.5. The number of hydrogen-bond donors (Lipinski definition) is 0. The summed E-state index contributed by atoms with van der Waals surface area (Å²) >= 11 is 0. The summed E-state index contributed by atoms with van der Waals surface area (Å²) in [4.78, 5) is 2.37. The molecular formula is C61H41NO. The summed E-state index contributed by atoms with van der Waals surface area (Å²) < 4.78 is 7.08. The number of benzene rings is 10. The summed E-state index contributed by atoms with van der Waals surface area (Å²) in [6, 6.07) is 90.0. The Hall–Kier alpha value is -8.20. The molecule has 0 saturated carbocycles. The van der Waals surface area contributed by atoms with Crippen LogP contribution >= 0.6 is 0 Å². The van der Waals surface area contributed by atoms with Gasteiger partial charge in [-0.1, -0.05) is 200 Å². The molecule has 2 heteroatoms. The number of hydrogen-bond acceptors (Lipinski definition) is 2. The van der Waals surface area contributed by atoms with Crippen molar-refractivity contribution in [1.82, 2.24) is 0 Å². The van der Waals surface area contributed by atoms with E-state index in [1.807, 2.05) is 0 Å². The highest BCUT2D eigenvalue weighted by atomic mass is 16.3. The van der Waals surface area contributed by atoms with Crippen molar-refractivity contribution in [1.29, 1.82) is 0 Å². The fraction of sp³-hybridized carbons (Fsp3) is 0.0164. The SMILES string of the molecule is c1ccc(-c2ccc(N(c3ccc(-c4ccccc4)cc3)c3cccc(-c4cc5c(c6oc7ccccc7c46)-c4ccccc4C5(c4ccccc4)c4ccccc4)c3)cc2)cc1. The molecule has 11 aromatic rings. The molecule has 10 aromatic carbocycles. The Morgan fingerprint density at radius 3 is 1.43 bits per heavy atom. The van der Waals surface area contributed by atoms with Crippen LogP contribution < -0.4 is 4.90 Å². The Kier molecular flexibility index (Phi) is 8.76. The highest BCUT2D eigenvalue weighted by Crippen LogP contribution is 2.60. The minimum Gasteiger partial charge on any atom is -0.455 e. The number of rotatable bonds is 8. The molecule has 0 radical (unpaired) electrons. The molecule has 0 amide bonds. The van der Waals surface area contributed by atoms with Gasteiger partial charge in [0, 0.05) is 33.4 Å². The van der Waals surface area contributed by atoms with Crippen molar-refractivity contribution in [2.75, 3.05) is 4.90 Å². The second kappa shape index (κ2) is 15.1. The van der Waals surface area contributed by atoms with Crippen molar-refractivity contribution in [3.63, 3.8) is 0 Å². The van der Waals surface area contributed by atoms with E-state index in [2.05, 4.69) is 254 Å². The zero-order chi connectivity index (χ0) is 41.7. The van der Waals surface area contributed by atoms with Gasteiger partial charge in [0.2, 0.25) is 0 Å². The van der Waals surface area contributed by atoms with E-state index in [1.54, 1.807) is 0 Å². The van der Waals surface area contributed by atoms with Crippen molar-refractivity contribution in [2.24, 2.45) is 0 Å². The van der Waals surface area contributed by atoms with Gasteiger partial charge >= 0.3 is 0 Å². The fourth-order valence-corrected chi connectivity index (χ4v) is 10.2. The molecule has 0 saturated heterocycles. The third kappa shape index (κ3) is 5.95. The smallest absolute Gasteiger partial charge is 0.144 e. The van der Waals surface area contributed by atoms with Crippen molar-refractivity contribution < 1.29 is 4.42 Å².